The summed E-state index contributed by atoms with van der Waals surface area (Å²) >= 11 is 6.00. The summed E-state index contributed by atoms with van der Waals surface area (Å²) in [5.74, 6) is 0.192. The molecule has 9 heteroatoms. The van der Waals surface area contributed by atoms with Crippen molar-refractivity contribution in [2.24, 2.45) is 0 Å². The molecule has 2 N–H and O–H groups in total. The molecule has 1 fully saturated rings. The summed E-state index contributed by atoms with van der Waals surface area (Å²) in [5.41, 5.74) is 1.71. The van der Waals surface area contributed by atoms with Crippen molar-refractivity contribution >= 4 is 38.9 Å². The van der Waals surface area contributed by atoms with Crippen molar-refractivity contribution in [3.63, 3.8) is 0 Å². The quantitative estimate of drug-likeness (QED) is 0.637. The molecule has 1 amide bonds. The minimum atomic E-state index is -3.58. The fraction of sp³-hybridized carbons (Fsp3) is 0.409. The Labute approximate surface area is 188 Å². The minimum Gasteiger partial charge on any atom is -0.495 e. The maximum Gasteiger partial charge on any atom is 0.243 e. The molecule has 1 saturated heterocycles. The number of methoxy groups -OCH3 is 1. The number of nitrogens with one attached hydrogen (secondary N) is 2. The number of benzene rings is 2. The van der Waals surface area contributed by atoms with Crippen LogP contribution in [0.5, 0.6) is 5.75 Å². The van der Waals surface area contributed by atoms with Crippen molar-refractivity contribution in [3.05, 3.63) is 47.0 Å². The number of nitrogens with zero attached hydrogens (tertiary/aromatic N) is 1. The van der Waals surface area contributed by atoms with Gasteiger partial charge in [0, 0.05) is 23.8 Å². The molecule has 7 nitrogen and oxygen atoms in total. The molecule has 0 radical (unpaired) electrons. The maximum absolute atomic E-state index is 13.2. The summed E-state index contributed by atoms with van der Waals surface area (Å²) < 4.78 is 33.2. The molecule has 1 heterocycles. The van der Waals surface area contributed by atoms with Crippen molar-refractivity contribution in [2.45, 2.75) is 37.5 Å². The fourth-order valence-electron chi connectivity index (χ4n) is 3.56. The first kappa shape index (κ1) is 23.4. The first-order valence-electron chi connectivity index (χ1n) is 10.3. The third-order valence-corrected chi connectivity index (χ3v) is 7.54. The Morgan fingerprint density at radius 1 is 1.10 bits per heavy atom. The number of ether oxygens (including phenoxy) is 1. The van der Waals surface area contributed by atoms with E-state index in [1.165, 1.54) is 7.11 Å². The second-order valence-electron chi connectivity index (χ2n) is 7.54. The number of aryl methyl sites for hydroxylation is 1. The summed E-state index contributed by atoms with van der Waals surface area (Å²) in [4.78, 5) is 12.7. The number of carbonyl (C=O) groups excluding carboxylic acids is 1. The van der Waals surface area contributed by atoms with Gasteiger partial charge >= 0.3 is 0 Å². The Morgan fingerprint density at radius 3 is 2.48 bits per heavy atom. The molecular formula is C22H28ClN3O4S. The van der Waals surface area contributed by atoms with Crippen molar-refractivity contribution in [2.75, 3.05) is 37.4 Å². The summed E-state index contributed by atoms with van der Waals surface area (Å²) in [5, 5.41) is 6.23. The molecule has 0 saturated carbocycles. The molecule has 2 aromatic carbocycles. The van der Waals surface area contributed by atoms with Crippen LogP contribution in [0, 0.1) is 6.92 Å². The molecule has 1 aliphatic heterocycles. The van der Waals surface area contributed by atoms with E-state index in [0.717, 1.165) is 25.7 Å². The second-order valence-corrected chi connectivity index (χ2v) is 9.89. The van der Waals surface area contributed by atoms with E-state index in [1.54, 1.807) is 47.6 Å². The second kappa shape index (κ2) is 10.3. The van der Waals surface area contributed by atoms with Gasteiger partial charge in [-0.1, -0.05) is 30.5 Å². The molecule has 0 unspecified atom stereocenters. The minimum absolute atomic E-state index is 0.0398. The zero-order valence-electron chi connectivity index (χ0n) is 17.8. The fourth-order valence-corrected chi connectivity index (χ4v) is 5.50. The largest absolute Gasteiger partial charge is 0.495 e. The molecule has 1 aliphatic rings. The highest BCUT2D eigenvalue weighted by atomic mass is 35.5. The number of carbonyl (C=O) groups is 1. The van der Waals surface area contributed by atoms with Crippen LogP contribution in [0.4, 0.5) is 11.4 Å². The standard InChI is InChI=1S/C22H28ClN3O4S/c1-16-7-9-18(14-21(16)31(28,29)26-11-5-3-4-6-12-26)24-15-22(27)25-19-13-17(23)8-10-20(19)30-2/h7-10,13-14,24H,3-6,11-12,15H2,1-2H3,(H,25,27). The number of sulfonamides is 1. The molecular weight excluding hydrogens is 438 g/mol. The highest BCUT2D eigenvalue weighted by molar-refractivity contribution is 7.89. The molecule has 168 valence electrons. The smallest absolute Gasteiger partial charge is 0.243 e. The number of hydrogen-bond acceptors (Lipinski definition) is 5. The number of amides is 1. The third kappa shape index (κ3) is 5.90. The normalized spacial score (nSPS) is 15.2. The van der Waals surface area contributed by atoms with Gasteiger partial charge in [0.15, 0.2) is 0 Å². The lowest BCUT2D eigenvalue weighted by Gasteiger charge is -2.21. The predicted octanol–water partition coefficient (Wildman–Crippen LogP) is 4.27. The van der Waals surface area contributed by atoms with Crippen molar-refractivity contribution < 1.29 is 17.9 Å². The van der Waals surface area contributed by atoms with E-state index in [9.17, 15) is 13.2 Å². The lowest BCUT2D eigenvalue weighted by atomic mass is 10.2. The van der Waals surface area contributed by atoms with Crippen LogP contribution in [0.15, 0.2) is 41.3 Å². The van der Waals surface area contributed by atoms with E-state index in [0.29, 0.717) is 40.8 Å². The monoisotopic (exact) mass is 465 g/mol. The Morgan fingerprint density at radius 2 is 1.81 bits per heavy atom. The van der Waals surface area contributed by atoms with Crippen LogP contribution in [-0.2, 0) is 14.8 Å². The molecule has 0 atom stereocenters. The van der Waals surface area contributed by atoms with E-state index < -0.39 is 10.0 Å². The van der Waals surface area contributed by atoms with Crippen LogP contribution in [0.3, 0.4) is 0 Å². The number of hydrogen-bond donors (Lipinski definition) is 2. The van der Waals surface area contributed by atoms with Gasteiger partial charge in [0.1, 0.15) is 5.75 Å². The van der Waals surface area contributed by atoms with Crippen LogP contribution >= 0.6 is 11.6 Å². The lowest BCUT2D eigenvalue weighted by Crippen LogP contribution is -2.32. The zero-order valence-corrected chi connectivity index (χ0v) is 19.4. The van der Waals surface area contributed by atoms with Gasteiger partial charge in [0.05, 0.1) is 24.2 Å². The number of rotatable bonds is 7. The molecule has 0 aliphatic carbocycles. The summed E-state index contributed by atoms with van der Waals surface area (Å²) in [6, 6.07) is 10.1. The maximum atomic E-state index is 13.2. The van der Waals surface area contributed by atoms with Gasteiger partial charge in [0.2, 0.25) is 15.9 Å². The van der Waals surface area contributed by atoms with E-state index in [-0.39, 0.29) is 17.3 Å². The van der Waals surface area contributed by atoms with E-state index >= 15 is 0 Å². The highest BCUT2D eigenvalue weighted by Crippen LogP contribution is 2.28. The first-order valence-corrected chi connectivity index (χ1v) is 12.1. The molecule has 0 aromatic heterocycles. The highest BCUT2D eigenvalue weighted by Gasteiger charge is 2.27. The molecule has 31 heavy (non-hydrogen) atoms. The van der Waals surface area contributed by atoms with Gasteiger partial charge in [0.25, 0.3) is 0 Å². The average Bonchev–Trinajstić information content (AvgIpc) is 3.03. The van der Waals surface area contributed by atoms with Crippen LogP contribution in [0.1, 0.15) is 31.2 Å². The lowest BCUT2D eigenvalue weighted by molar-refractivity contribution is -0.114. The van der Waals surface area contributed by atoms with E-state index in [1.807, 2.05) is 0 Å². The van der Waals surface area contributed by atoms with Crippen LogP contribution in [0.25, 0.3) is 0 Å². The molecule has 0 spiro atoms. The van der Waals surface area contributed by atoms with Gasteiger partial charge in [-0.15, -0.1) is 0 Å². The van der Waals surface area contributed by atoms with Gasteiger partial charge < -0.3 is 15.4 Å². The Bertz CT molecular complexity index is 1040. The summed E-state index contributed by atoms with van der Waals surface area (Å²) in [6.45, 7) is 2.83. The van der Waals surface area contributed by atoms with Crippen molar-refractivity contribution in [1.82, 2.24) is 4.31 Å². The number of halogens is 1. The SMILES string of the molecule is COc1ccc(Cl)cc1NC(=O)CNc1ccc(C)c(S(=O)(=O)N2CCCCCC2)c1. The van der Waals surface area contributed by atoms with Crippen molar-refractivity contribution in [3.8, 4) is 5.75 Å². The topological polar surface area (TPSA) is 87.7 Å². The van der Waals surface area contributed by atoms with Gasteiger partial charge in [-0.2, -0.15) is 4.31 Å². The van der Waals surface area contributed by atoms with Gasteiger partial charge in [-0.3, -0.25) is 4.79 Å². The summed E-state index contributed by atoms with van der Waals surface area (Å²) in [7, 11) is -2.07. The van der Waals surface area contributed by atoms with Crippen molar-refractivity contribution in [1.29, 1.82) is 0 Å². The van der Waals surface area contributed by atoms with Gasteiger partial charge in [-0.25, -0.2) is 8.42 Å². The summed E-state index contributed by atoms with van der Waals surface area (Å²) in [6.07, 6.45) is 3.87. The van der Waals surface area contributed by atoms with Crippen LogP contribution in [0.2, 0.25) is 5.02 Å². The Hall–Kier alpha value is -2.29. The zero-order chi connectivity index (χ0) is 22.4. The third-order valence-electron chi connectivity index (χ3n) is 5.26. The Kier molecular flexibility index (Phi) is 7.80. The van der Waals surface area contributed by atoms with Crippen LogP contribution < -0.4 is 15.4 Å². The Balaban J connectivity index is 1.70. The molecule has 0 bridgehead atoms. The number of anilines is 2. The molecule has 3 rings (SSSR count). The van der Waals surface area contributed by atoms with Crippen LogP contribution in [-0.4, -0.2) is 45.4 Å². The van der Waals surface area contributed by atoms with E-state index in [2.05, 4.69) is 10.6 Å². The van der Waals surface area contributed by atoms with Gasteiger partial charge in [-0.05, 0) is 55.7 Å². The van der Waals surface area contributed by atoms with E-state index in [4.69, 9.17) is 16.3 Å². The molecule has 2 aromatic rings. The predicted molar refractivity (Wildman–Crippen MR) is 124 cm³/mol. The first-order chi connectivity index (χ1) is 14.8. The average molecular weight is 466 g/mol.